The van der Waals surface area contributed by atoms with Crippen LogP contribution >= 0.6 is 0 Å². The third kappa shape index (κ3) is 2.58. The highest BCUT2D eigenvalue weighted by molar-refractivity contribution is 5.92. The smallest absolute Gasteiger partial charge is 0.272 e. The van der Waals surface area contributed by atoms with Crippen LogP contribution in [-0.4, -0.2) is 43.6 Å². The Morgan fingerprint density at radius 2 is 2.19 bits per heavy atom. The maximum atomic E-state index is 12.4. The van der Waals surface area contributed by atoms with E-state index in [1.165, 1.54) is 6.20 Å². The number of aromatic amines is 1. The first-order valence-electron chi connectivity index (χ1n) is 6.91. The van der Waals surface area contributed by atoms with Crippen molar-refractivity contribution in [1.82, 2.24) is 24.6 Å². The van der Waals surface area contributed by atoms with Crippen LogP contribution in [0.15, 0.2) is 23.3 Å². The maximum Gasteiger partial charge on any atom is 0.272 e. The summed E-state index contributed by atoms with van der Waals surface area (Å²) in [6.07, 6.45) is 3.40. The fourth-order valence-electron chi connectivity index (χ4n) is 2.80. The number of carbonyl (C=O) groups is 1. The van der Waals surface area contributed by atoms with Crippen molar-refractivity contribution in [2.24, 2.45) is 0 Å². The number of hydrogen-bond acceptors (Lipinski definition) is 4. The number of rotatable bonds is 2. The first-order valence-corrected chi connectivity index (χ1v) is 6.91. The lowest BCUT2D eigenvalue weighted by molar-refractivity contribution is 0.0780. The number of aryl methyl sites for hydroxylation is 2. The molecular weight excluding hydrogens is 270 g/mol. The van der Waals surface area contributed by atoms with Gasteiger partial charge >= 0.3 is 0 Å². The van der Waals surface area contributed by atoms with Crippen LogP contribution in [0.5, 0.6) is 0 Å². The lowest BCUT2D eigenvalue weighted by Crippen LogP contribution is -2.31. The second-order valence-electron chi connectivity index (χ2n) is 5.38. The molecule has 0 spiro atoms. The van der Waals surface area contributed by atoms with E-state index in [0.29, 0.717) is 13.1 Å². The Bertz CT molecular complexity index is 733. The molecule has 0 radical (unpaired) electrons. The molecule has 0 aromatic carbocycles. The van der Waals surface area contributed by atoms with Gasteiger partial charge in [-0.05, 0) is 26.3 Å². The summed E-state index contributed by atoms with van der Waals surface area (Å²) in [5.41, 5.74) is 1.95. The quantitative estimate of drug-likeness (QED) is 0.880. The molecule has 0 bridgehead atoms. The molecule has 7 heteroatoms. The molecule has 1 saturated heterocycles. The van der Waals surface area contributed by atoms with Crippen LogP contribution in [0.4, 0.5) is 0 Å². The minimum absolute atomic E-state index is 0.186. The van der Waals surface area contributed by atoms with Gasteiger partial charge in [-0.2, -0.15) is 5.10 Å². The summed E-state index contributed by atoms with van der Waals surface area (Å²) in [6, 6.07) is 2.22. The monoisotopic (exact) mass is 287 g/mol. The number of aromatic nitrogens is 4. The predicted molar refractivity (Wildman–Crippen MR) is 76.1 cm³/mol. The Balaban J connectivity index is 1.76. The van der Waals surface area contributed by atoms with E-state index in [0.717, 1.165) is 24.0 Å². The van der Waals surface area contributed by atoms with Crippen LogP contribution in [0.25, 0.3) is 0 Å². The van der Waals surface area contributed by atoms with Gasteiger partial charge in [0, 0.05) is 18.8 Å². The Morgan fingerprint density at radius 3 is 2.86 bits per heavy atom. The van der Waals surface area contributed by atoms with E-state index < -0.39 is 0 Å². The highest BCUT2D eigenvalue weighted by atomic mass is 16.2. The second kappa shape index (κ2) is 5.16. The zero-order valence-corrected chi connectivity index (χ0v) is 12.0. The van der Waals surface area contributed by atoms with Gasteiger partial charge in [0.1, 0.15) is 5.69 Å². The van der Waals surface area contributed by atoms with Crippen molar-refractivity contribution >= 4 is 5.91 Å². The summed E-state index contributed by atoms with van der Waals surface area (Å²) in [7, 11) is 0. The van der Waals surface area contributed by atoms with Crippen LogP contribution in [-0.2, 0) is 0 Å². The number of nitrogens with one attached hydrogen (secondary N) is 1. The molecular formula is C14H17N5O2. The van der Waals surface area contributed by atoms with Crippen molar-refractivity contribution in [2.75, 3.05) is 13.1 Å². The topological polar surface area (TPSA) is 83.9 Å². The molecule has 0 unspecified atom stereocenters. The van der Waals surface area contributed by atoms with Gasteiger partial charge in [0.15, 0.2) is 0 Å². The van der Waals surface area contributed by atoms with Crippen LogP contribution in [0.1, 0.15) is 34.3 Å². The Kier molecular flexibility index (Phi) is 3.32. The van der Waals surface area contributed by atoms with Crippen molar-refractivity contribution in [3.63, 3.8) is 0 Å². The van der Waals surface area contributed by atoms with Gasteiger partial charge < -0.3 is 9.88 Å². The van der Waals surface area contributed by atoms with E-state index in [1.807, 2.05) is 24.6 Å². The van der Waals surface area contributed by atoms with Crippen LogP contribution < -0.4 is 5.56 Å². The molecule has 1 N–H and O–H groups in total. The Labute approximate surface area is 121 Å². The highest BCUT2D eigenvalue weighted by Gasteiger charge is 2.29. The van der Waals surface area contributed by atoms with E-state index in [-0.39, 0.29) is 23.2 Å². The standard InChI is InChI=1S/C14H17N5O2/c1-9-5-10(2)19(17-9)11-3-4-18(8-11)14(21)12-6-15-7-13(20)16-12/h5-7,11H,3-4,8H2,1-2H3,(H,16,20)/t11-/m1/s1. The van der Waals surface area contributed by atoms with Gasteiger partial charge in [0.2, 0.25) is 0 Å². The number of H-pyrrole nitrogens is 1. The molecule has 21 heavy (non-hydrogen) atoms. The average Bonchev–Trinajstić information content (AvgIpc) is 3.04. The summed E-state index contributed by atoms with van der Waals surface area (Å²) >= 11 is 0. The number of likely N-dealkylation sites (tertiary alicyclic amines) is 1. The van der Waals surface area contributed by atoms with Crippen molar-refractivity contribution in [3.8, 4) is 0 Å². The highest BCUT2D eigenvalue weighted by Crippen LogP contribution is 2.23. The molecule has 110 valence electrons. The number of nitrogens with zero attached hydrogens (tertiary/aromatic N) is 4. The second-order valence-corrected chi connectivity index (χ2v) is 5.38. The van der Waals surface area contributed by atoms with Crippen LogP contribution in [0.2, 0.25) is 0 Å². The first-order chi connectivity index (χ1) is 10.0. The maximum absolute atomic E-state index is 12.4. The summed E-state index contributed by atoms with van der Waals surface area (Å²) in [5.74, 6) is -0.191. The number of hydrogen-bond donors (Lipinski definition) is 1. The fraction of sp³-hybridized carbons (Fsp3) is 0.429. The average molecular weight is 287 g/mol. The van der Waals surface area contributed by atoms with Crippen LogP contribution in [0.3, 0.4) is 0 Å². The third-order valence-electron chi connectivity index (χ3n) is 3.72. The molecule has 1 aliphatic heterocycles. The van der Waals surface area contributed by atoms with Gasteiger partial charge in [0.25, 0.3) is 11.5 Å². The Morgan fingerprint density at radius 1 is 1.38 bits per heavy atom. The molecule has 0 aliphatic carbocycles. The summed E-state index contributed by atoms with van der Waals surface area (Å²) in [6.45, 7) is 5.22. The zero-order valence-electron chi connectivity index (χ0n) is 12.0. The minimum atomic E-state index is -0.366. The minimum Gasteiger partial charge on any atom is -0.335 e. The molecule has 1 amide bonds. The van der Waals surface area contributed by atoms with Crippen molar-refractivity contribution in [2.45, 2.75) is 26.3 Å². The lowest BCUT2D eigenvalue weighted by Gasteiger charge is -2.17. The SMILES string of the molecule is Cc1cc(C)n([C@@H]2CCN(C(=O)c3cncc(=O)[nH]3)C2)n1. The van der Waals surface area contributed by atoms with Gasteiger partial charge in [-0.15, -0.1) is 0 Å². The fourth-order valence-corrected chi connectivity index (χ4v) is 2.80. The molecule has 3 rings (SSSR count). The van der Waals surface area contributed by atoms with Gasteiger partial charge in [-0.1, -0.05) is 0 Å². The van der Waals surface area contributed by atoms with E-state index in [1.54, 1.807) is 4.90 Å². The molecule has 1 fully saturated rings. The van der Waals surface area contributed by atoms with E-state index >= 15 is 0 Å². The van der Waals surface area contributed by atoms with Crippen molar-refractivity contribution in [3.05, 3.63) is 45.9 Å². The molecule has 1 atom stereocenters. The number of carbonyl (C=O) groups excluding carboxylic acids is 1. The molecule has 3 heterocycles. The third-order valence-corrected chi connectivity index (χ3v) is 3.72. The summed E-state index contributed by atoms with van der Waals surface area (Å²) < 4.78 is 1.98. The molecule has 0 saturated carbocycles. The van der Waals surface area contributed by atoms with Gasteiger partial charge in [-0.25, -0.2) is 0 Å². The lowest BCUT2D eigenvalue weighted by atomic mass is 10.2. The normalized spacial score (nSPS) is 18.2. The molecule has 2 aromatic rings. The van der Waals surface area contributed by atoms with Gasteiger partial charge in [0.05, 0.1) is 24.1 Å². The molecule has 7 nitrogen and oxygen atoms in total. The van der Waals surface area contributed by atoms with E-state index in [2.05, 4.69) is 15.1 Å². The molecule has 1 aliphatic rings. The van der Waals surface area contributed by atoms with Crippen molar-refractivity contribution < 1.29 is 4.79 Å². The summed E-state index contributed by atoms with van der Waals surface area (Å²) in [5, 5.41) is 4.48. The van der Waals surface area contributed by atoms with E-state index in [9.17, 15) is 9.59 Å². The first kappa shape index (κ1) is 13.5. The van der Waals surface area contributed by atoms with Gasteiger partial charge in [-0.3, -0.25) is 19.3 Å². The summed E-state index contributed by atoms with van der Waals surface area (Å²) in [4.78, 5) is 31.6. The van der Waals surface area contributed by atoms with Crippen molar-refractivity contribution in [1.29, 1.82) is 0 Å². The predicted octanol–water partition coefficient (Wildman–Crippen LogP) is 0.670. The van der Waals surface area contributed by atoms with E-state index in [4.69, 9.17) is 0 Å². The largest absolute Gasteiger partial charge is 0.335 e. The number of amides is 1. The Hall–Kier alpha value is -2.44. The van der Waals surface area contributed by atoms with Crippen LogP contribution in [0, 0.1) is 13.8 Å². The zero-order chi connectivity index (χ0) is 15.0. The molecule has 2 aromatic heterocycles.